The molecule has 3 heteroatoms. The van der Waals surface area contributed by atoms with Gasteiger partial charge in [0.2, 0.25) is 0 Å². The maximum Gasteiger partial charge on any atom is 0.123 e. The number of rotatable bonds is 7. The zero-order chi connectivity index (χ0) is 14.4. The van der Waals surface area contributed by atoms with Crippen LogP contribution in [-0.2, 0) is 0 Å². The van der Waals surface area contributed by atoms with Crippen molar-refractivity contribution < 1.29 is 4.74 Å². The summed E-state index contributed by atoms with van der Waals surface area (Å²) in [5, 5.41) is 3.40. The van der Waals surface area contributed by atoms with Crippen molar-refractivity contribution in [3.05, 3.63) is 29.3 Å². The molecule has 1 rings (SSSR count). The van der Waals surface area contributed by atoms with Gasteiger partial charge in [-0.25, -0.2) is 0 Å². The third kappa shape index (κ3) is 4.84. The molecule has 0 aliphatic rings. The molecule has 1 atom stereocenters. The summed E-state index contributed by atoms with van der Waals surface area (Å²) < 4.78 is 5.49. The van der Waals surface area contributed by atoms with Crippen LogP contribution in [0.3, 0.4) is 0 Å². The van der Waals surface area contributed by atoms with E-state index in [4.69, 9.17) is 4.74 Å². The van der Waals surface area contributed by atoms with E-state index in [1.807, 2.05) is 7.05 Å². The highest BCUT2D eigenvalue weighted by Gasteiger charge is 2.17. The standard InChI is InChI=1S/C16H28N2O/c1-12(2)10-18(5)11-15(17-4)14-9-13(3)7-8-16(14)19-6/h7-9,12,15,17H,10-11H2,1-6H3. The number of nitrogens with one attached hydrogen (secondary N) is 1. The third-order valence-corrected chi connectivity index (χ3v) is 3.28. The Balaban J connectivity index is 2.87. The van der Waals surface area contributed by atoms with Crippen LogP contribution >= 0.6 is 0 Å². The molecule has 0 amide bonds. The normalized spacial score (nSPS) is 13.1. The van der Waals surface area contributed by atoms with Crippen molar-refractivity contribution >= 4 is 0 Å². The molecule has 19 heavy (non-hydrogen) atoms. The highest BCUT2D eigenvalue weighted by Crippen LogP contribution is 2.26. The van der Waals surface area contributed by atoms with Gasteiger partial charge in [-0.05, 0) is 33.0 Å². The van der Waals surface area contributed by atoms with Crippen molar-refractivity contribution in [2.24, 2.45) is 5.92 Å². The average molecular weight is 264 g/mol. The SMILES string of the molecule is CNC(CN(C)CC(C)C)c1cc(C)ccc1OC. The molecule has 108 valence electrons. The third-order valence-electron chi connectivity index (χ3n) is 3.28. The number of aryl methyl sites for hydroxylation is 1. The molecule has 0 aliphatic carbocycles. The average Bonchev–Trinajstić information content (AvgIpc) is 2.35. The van der Waals surface area contributed by atoms with Crippen LogP contribution < -0.4 is 10.1 Å². The molecular formula is C16H28N2O. The Morgan fingerprint density at radius 3 is 2.47 bits per heavy atom. The summed E-state index contributed by atoms with van der Waals surface area (Å²) >= 11 is 0. The topological polar surface area (TPSA) is 24.5 Å². The quantitative estimate of drug-likeness (QED) is 0.819. The van der Waals surface area contributed by atoms with E-state index >= 15 is 0 Å². The lowest BCUT2D eigenvalue weighted by Crippen LogP contribution is -2.33. The van der Waals surface area contributed by atoms with Crippen molar-refractivity contribution in [2.45, 2.75) is 26.8 Å². The largest absolute Gasteiger partial charge is 0.496 e. The van der Waals surface area contributed by atoms with E-state index in [0.717, 1.165) is 18.8 Å². The first kappa shape index (κ1) is 16.0. The predicted octanol–water partition coefficient (Wildman–Crippen LogP) is 2.85. The molecule has 0 heterocycles. The van der Waals surface area contributed by atoms with E-state index in [0.29, 0.717) is 12.0 Å². The zero-order valence-corrected chi connectivity index (χ0v) is 13.2. The summed E-state index contributed by atoms with van der Waals surface area (Å²) in [5.41, 5.74) is 2.50. The molecule has 0 spiro atoms. The highest BCUT2D eigenvalue weighted by molar-refractivity contribution is 5.39. The van der Waals surface area contributed by atoms with Gasteiger partial charge in [0.15, 0.2) is 0 Å². The number of likely N-dealkylation sites (N-methyl/N-ethyl adjacent to an activating group) is 2. The first-order valence-electron chi connectivity index (χ1n) is 6.98. The van der Waals surface area contributed by atoms with Gasteiger partial charge in [0, 0.05) is 24.7 Å². The minimum absolute atomic E-state index is 0.290. The van der Waals surface area contributed by atoms with Crippen LogP contribution in [0.5, 0.6) is 5.75 Å². The first-order valence-corrected chi connectivity index (χ1v) is 6.98. The minimum Gasteiger partial charge on any atom is -0.496 e. The molecular weight excluding hydrogens is 236 g/mol. The molecule has 0 aromatic heterocycles. The molecule has 3 nitrogen and oxygen atoms in total. The second-order valence-electron chi connectivity index (χ2n) is 5.70. The van der Waals surface area contributed by atoms with Crippen LogP contribution in [0.4, 0.5) is 0 Å². The molecule has 1 unspecified atom stereocenters. The van der Waals surface area contributed by atoms with Crippen LogP contribution in [0.1, 0.15) is 31.0 Å². The minimum atomic E-state index is 0.290. The van der Waals surface area contributed by atoms with Gasteiger partial charge in [-0.3, -0.25) is 0 Å². The van der Waals surface area contributed by atoms with Crippen LogP contribution in [0.2, 0.25) is 0 Å². The molecule has 0 aliphatic heterocycles. The van der Waals surface area contributed by atoms with E-state index in [9.17, 15) is 0 Å². The van der Waals surface area contributed by atoms with Gasteiger partial charge in [0.05, 0.1) is 7.11 Å². The van der Waals surface area contributed by atoms with Crippen molar-refractivity contribution in [1.82, 2.24) is 10.2 Å². The second kappa shape index (κ2) is 7.51. The first-order chi connectivity index (χ1) is 8.97. The Bertz CT molecular complexity index is 390. The Morgan fingerprint density at radius 1 is 1.26 bits per heavy atom. The van der Waals surface area contributed by atoms with Crippen molar-refractivity contribution in [3.8, 4) is 5.75 Å². The maximum absolute atomic E-state index is 5.49. The fourth-order valence-corrected chi connectivity index (χ4v) is 2.48. The van der Waals surface area contributed by atoms with Gasteiger partial charge in [-0.15, -0.1) is 0 Å². The summed E-state index contributed by atoms with van der Waals surface area (Å²) in [6, 6.07) is 6.65. The van der Waals surface area contributed by atoms with Gasteiger partial charge in [-0.2, -0.15) is 0 Å². The second-order valence-corrected chi connectivity index (χ2v) is 5.70. The number of benzene rings is 1. The van der Waals surface area contributed by atoms with Crippen LogP contribution in [0.15, 0.2) is 18.2 Å². The molecule has 1 aromatic rings. The Morgan fingerprint density at radius 2 is 1.95 bits per heavy atom. The van der Waals surface area contributed by atoms with Crippen LogP contribution in [-0.4, -0.2) is 39.2 Å². The molecule has 0 fully saturated rings. The van der Waals surface area contributed by atoms with Crippen molar-refractivity contribution in [2.75, 3.05) is 34.3 Å². The number of hydrogen-bond donors (Lipinski definition) is 1. The van der Waals surface area contributed by atoms with E-state index in [-0.39, 0.29) is 0 Å². The summed E-state index contributed by atoms with van der Waals surface area (Å²) in [4.78, 5) is 2.37. The maximum atomic E-state index is 5.49. The number of nitrogens with zero attached hydrogens (tertiary/aromatic N) is 1. The van der Waals surface area contributed by atoms with E-state index in [1.165, 1.54) is 11.1 Å². The predicted molar refractivity (Wildman–Crippen MR) is 81.9 cm³/mol. The van der Waals surface area contributed by atoms with E-state index < -0.39 is 0 Å². The van der Waals surface area contributed by atoms with Crippen LogP contribution in [0, 0.1) is 12.8 Å². The monoisotopic (exact) mass is 264 g/mol. The molecule has 0 saturated heterocycles. The number of ether oxygens (including phenoxy) is 1. The van der Waals surface area contributed by atoms with Crippen molar-refractivity contribution in [3.63, 3.8) is 0 Å². The number of methoxy groups -OCH3 is 1. The summed E-state index contributed by atoms with van der Waals surface area (Å²) in [7, 11) is 5.92. The molecule has 1 aromatic carbocycles. The Labute approximate surface area is 118 Å². The van der Waals surface area contributed by atoms with Crippen LogP contribution in [0.25, 0.3) is 0 Å². The van der Waals surface area contributed by atoms with Gasteiger partial charge in [0.1, 0.15) is 5.75 Å². The molecule has 1 N–H and O–H groups in total. The number of hydrogen-bond acceptors (Lipinski definition) is 3. The highest BCUT2D eigenvalue weighted by atomic mass is 16.5. The van der Waals surface area contributed by atoms with Gasteiger partial charge >= 0.3 is 0 Å². The van der Waals surface area contributed by atoms with E-state index in [1.54, 1.807) is 7.11 Å². The lowest BCUT2D eigenvalue weighted by Gasteiger charge is -2.26. The van der Waals surface area contributed by atoms with Gasteiger partial charge < -0.3 is 15.0 Å². The van der Waals surface area contributed by atoms with Gasteiger partial charge in [0.25, 0.3) is 0 Å². The zero-order valence-electron chi connectivity index (χ0n) is 13.2. The lowest BCUT2D eigenvalue weighted by atomic mass is 10.0. The van der Waals surface area contributed by atoms with E-state index in [2.05, 4.69) is 56.2 Å². The fraction of sp³-hybridized carbons (Fsp3) is 0.625. The molecule has 0 radical (unpaired) electrons. The summed E-state index contributed by atoms with van der Waals surface area (Å²) in [6.45, 7) is 8.70. The molecule has 0 bridgehead atoms. The van der Waals surface area contributed by atoms with Gasteiger partial charge in [-0.1, -0.05) is 31.5 Å². The smallest absolute Gasteiger partial charge is 0.123 e. The lowest BCUT2D eigenvalue weighted by molar-refractivity contribution is 0.264. The summed E-state index contributed by atoms with van der Waals surface area (Å²) in [5.74, 6) is 1.64. The fourth-order valence-electron chi connectivity index (χ4n) is 2.48. The molecule has 0 saturated carbocycles. The van der Waals surface area contributed by atoms with Crippen molar-refractivity contribution in [1.29, 1.82) is 0 Å². The Hall–Kier alpha value is -1.06. The summed E-state index contributed by atoms with van der Waals surface area (Å²) in [6.07, 6.45) is 0. The Kier molecular flexibility index (Phi) is 6.32.